The standard InChI is InChI=1S/C14H19N3O/c18-14(13-5-1-2-7-16-13)17-9-6-12-11(10-17)4-3-8-15-12/h3-4,8,13,16H,1-2,5-7,9-10H2. The third-order valence-corrected chi connectivity index (χ3v) is 3.88. The van der Waals surface area contributed by atoms with Crippen molar-refractivity contribution in [1.29, 1.82) is 0 Å². The molecule has 2 aliphatic heterocycles. The lowest BCUT2D eigenvalue weighted by molar-refractivity contribution is -0.135. The van der Waals surface area contributed by atoms with Gasteiger partial charge in [0.05, 0.1) is 6.04 Å². The van der Waals surface area contributed by atoms with Crippen molar-refractivity contribution in [3.8, 4) is 0 Å². The minimum atomic E-state index is 0.0389. The summed E-state index contributed by atoms with van der Waals surface area (Å²) in [7, 11) is 0. The van der Waals surface area contributed by atoms with Crippen molar-refractivity contribution < 1.29 is 4.79 Å². The summed E-state index contributed by atoms with van der Waals surface area (Å²) in [6.07, 6.45) is 6.05. The fraction of sp³-hybridized carbons (Fsp3) is 0.571. The number of rotatable bonds is 1. The predicted octanol–water partition coefficient (Wildman–Crippen LogP) is 1.11. The topological polar surface area (TPSA) is 45.2 Å². The van der Waals surface area contributed by atoms with Crippen molar-refractivity contribution in [2.45, 2.75) is 38.3 Å². The molecule has 0 aromatic carbocycles. The summed E-state index contributed by atoms with van der Waals surface area (Å²) in [5.41, 5.74) is 2.35. The van der Waals surface area contributed by atoms with Crippen LogP contribution in [0.5, 0.6) is 0 Å². The van der Waals surface area contributed by atoms with Crippen LogP contribution >= 0.6 is 0 Å². The first kappa shape index (κ1) is 11.7. The summed E-state index contributed by atoms with van der Waals surface area (Å²) in [5.74, 6) is 0.268. The Kier molecular flexibility index (Phi) is 3.28. The van der Waals surface area contributed by atoms with Crippen molar-refractivity contribution in [2.75, 3.05) is 13.1 Å². The molecule has 18 heavy (non-hydrogen) atoms. The maximum Gasteiger partial charge on any atom is 0.240 e. The van der Waals surface area contributed by atoms with E-state index < -0.39 is 0 Å². The Bertz CT molecular complexity index is 440. The summed E-state index contributed by atoms with van der Waals surface area (Å²) in [4.78, 5) is 18.8. The Morgan fingerprint density at radius 2 is 2.39 bits per heavy atom. The van der Waals surface area contributed by atoms with Gasteiger partial charge in [0.15, 0.2) is 0 Å². The van der Waals surface area contributed by atoms with Gasteiger partial charge in [-0.3, -0.25) is 9.78 Å². The maximum atomic E-state index is 12.4. The molecule has 3 heterocycles. The number of pyridine rings is 1. The van der Waals surface area contributed by atoms with Gasteiger partial charge in [-0.15, -0.1) is 0 Å². The first-order valence-electron chi connectivity index (χ1n) is 6.79. The number of amides is 1. The number of fused-ring (bicyclic) bond motifs is 1. The highest BCUT2D eigenvalue weighted by Gasteiger charge is 2.28. The summed E-state index contributed by atoms with van der Waals surface area (Å²) >= 11 is 0. The zero-order chi connectivity index (χ0) is 12.4. The van der Waals surface area contributed by atoms with E-state index in [-0.39, 0.29) is 11.9 Å². The molecule has 1 amide bonds. The van der Waals surface area contributed by atoms with Crippen LogP contribution in [0.2, 0.25) is 0 Å². The van der Waals surface area contributed by atoms with Gasteiger partial charge in [-0.25, -0.2) is 0 Å². The van der Waals surface area contributed by atoms with Crippen LogP contribution < -0.4 is 5.32 Å². The van der Waals surface area contributed by atoms with Gasteiger partial charge in [-0.2, -0.15) is 0 Å². The molecule has 0 bridgehead atoms. The van der Waals surface area contributed by atoms with E-state index in [1.165, 1.54) is 12.0 Å². The molecule has 4 nitrogen and oxygen atoms in total. The molecule has 0 aliphatic carbocycles. The van der Waals surface area contributed by atoms with Crippen molar-refractivity contribution in [1.82, 2.24) is 15.2 Å². The smallest absolute Gasteiger partial charge is 0.240 e. The first-order valence-corrected chi connectivity index (χ1v) is 6.79. The van der Waals surface area contributed by atoms with Crippen molar-refractivity contribution in [3.05, 3.63) is 29.6 Å². The van der Waals surface area contributed by atoms with Crippen molar-refractivity contribution in [2.24, 2.45) is 0 Å². The van der Waals surface area contributed by atoms with Gasteiger partial charge in [0.1, 0.15) is 0 Å². The average Bonchev–Trinajstić information content (AvgIpc) is 2.47. The van der Waals surface area contributed by atoms with Gasteiger partial charge in [0, 0.05) is 31.4 Å². The molecule has 0 saturated carbocycles. The lowest BCUT2D eigenvalue weighted by Gasteiger charge is -2.33. The Balaban J connectivity index is 1.69. The Morgan fingerprint density at radius 3 is 3.22 bits per heavy atom. The molecule has 1 N–H and O–H groups in total. The van der Waals surface area contributed by atoms with E-state index in [4.69, 9.17) is 0 Å². The second-order valence-electron chi connectivity index (χ2n) is 5.12. The molecular formula is C14H19N3O. The second-order valence-corrected chi connectivity index (χ2v) is 5.12. The van der Waals surface area contributed by atoms with Gasteiger partial charge >= 0.3 is 0 Å². The molecule has 1 saturated heterocycles. The van der Waals surface area contributed by atoms with Crippen molar-refractivity contribution >= 4 is 5.91 Å². The number of nitrogens with zero attached hydrogens (tertiary/aromatic N) is 2. The molecule has 2 aliphatic rings. The van der Waals surface area contributed by atoms with E-state index in [0.29, 0.717) is 0 Å². The SMILES string of the molecule is O=C(C1CCCCN1)N1CCc2ncccc2C1. The number of hydrogen-bond acceptors (Lipinski definition) is 3. The zero-order valence-corrected chi connectivity index (χ0v) is 10.6. The molecule has 4 heteroatoms. The minimum Gasteiger partial charge on any atom is -0.337 e. The summed E-state index contributed by atoms with van der Waals surface area (Å²) in [5, 5.41) is 3.33. The van der Waals surface area contributed by atoms with E-state index in [0.717, 1.165) is 44.6 Å². The fourth-order valence-electron chi connectivity index (χ4n) is 2.84. The highest BCUT2D eigenvalue weighted by Crippen LogP contribution is 2.18. The zero-order valence-electron chi connectivity index (χ0n) is 10.6. The molecule has 1 fully saturated rings. The quantitative estimate of drug-likeness (QED) is 0.806. The summed E-state index contributed by atoms with van der Waals surface area (Å²) in [6, 6.07) is 4.07. The Labute approximate surface area is 107 Å². The molecule has 1 unspecified atom stereocenters. The fourth-order valence-corrected chi connectivity index (χ4v) is 2.84. The number of nitrogens with one attached hydrogen (secondary N) is 1. The second kappa shape index (κ2) is 5.06. The van der Waals surface area contributed by atoms with E-state index in [1.807, 2.05) is 17.2 Å². The molecule has 3 rings (SSSR count). The Hall–Kier alpha value is -1.42. The number of aromatic nitrogens is 1. The monoisotopic (exact) mass is 245 g/mol. The van der Waals surface area contributed by atoms with Crippen LogP contribution in [0.15, 0.2) is 18.3 Å². The highest BCUT2D eigenvalue weighted by molar-refractivity contribution is 5.82. The van der Waals surface area contributed by atoms with Crippen molar-refractivity contribution in [3.63, 3.8) is 0 Å². The van der Waals surface area contributed by atoms with Gasteiger partial charge in [0.2, 0.25) is 5.91 Å². The minimum absolute atomic E-state index is 0.0389. The molecule has 1 atom stereocenters. The first-order chi connectivity index (χ1) is 8.84. The largest absolute Gasteiger partial charge is 0.337 e. The van der Waals surface area contributed by atoms with Crippen LogP contribution in [0.4, 0.5) is 0 Å². The predicted molar refractivity (Wildman–Crippen MR) is 69.0 cm³/mol. The third-order valence-electron chi connectivity index (χ3n) is 3.88. The molecule has 96 valence electrons. The molecule has 1 aromatic heterocycles. The van der Waals surface area contributed by atoms with Crippen LogP contribution in [0.1, 0.15) is 30.5 Å². The summed E-state index contributed by atoms with van der Waals surface area (Å²) in [6.45, 7) is 2.50. The molecule has 1 aromatic rings. The number of piperidine rings is 1. The van der Waals surface area contributed by atoms with Crippen LogP contribution in [-0.4, -0.2) is 34.9 Å². The lowest BCUT2D eigenvalue weighted by atomic mass is 10.0. The van der Waals surface area contributed by atoms with Gasteiger partial charge in [0.25, 0.3) is 0 Å². The number of carbonyl (C=O) groups excluding carboxylic acids is 1. The molecule has 0 spiro atoms. The number of hydrogen-bond donors (Lipinski definition) is 1. The summed E-state index contributed by atoms with van der Waals surface area (Å²) < 4.78 is 0. The number of carbonyl (C=O) groups is 1. The van der Waals surface area contributed by atoms with Crippen LogP contribution in [-0.2, 0) is 17.8 Å². The maximum absolute atomic E-state index is 12.4. The Morgan fingerprint density at radius 1 is 1.44 bits per heavy atom. The van der Waals surface area contributed by atoms with Gasteiger partial charge < -0.3 is 10.2 Å². The molecule has 0 radical (unpaired) electrons. The van der Waals surface area contributed by atoms with E-state index in [9.17, 15) is 4.79 Å². The van der Waals surface area contributed by atoms with Gasteiger partial charge in [-0.05, 0) is 31.0 Å². The third kappa shape index (κ3) is 2.25. The van der Waals surface area contributed by atoms with Gasteiger partial charge in [-0.1, -0.05) is 12.5 Å². The van der Waals surface area contributed by atoms with E-state index in [2.05, 4.69) is 16.4 Å². The lowest BCUT2D eigenvalue weighted by Crippen LogP contribution is -2.49. The van der Waals surface area contributed by atoms with Crippen LogP contribution in [0, 0.1) is 0 Å². The van der Waals surface area contributed by atoms with E-state index >= 15 is 0 Å². The molecular weight excluding hydrogens is 226 g/mol. The van der Waals surface area contributed by atoms with Crippen LogP contribution in [0.25, 0.3) is 0 Å². The highest BCUT2D eigenvalue weighted by atomic mass is 16.2. The normalized spacial score (nSPS) is 23.6. The van der Waals surface area contributed by atoms with E-state index in [1.54, 1.807) is 0 Å². The average molecular weight is 245 g/mol. The van der Waals surface area contributed by atoms with Crippen LogP contribution in [0.3, 0.4) is 0 Å².